The Balaban J connectivity index is 2.11. The fraction of sp³-hybridized carbons (Fsp3) is 0.353. The third kappa shape index (κ3) is 4.18. The molecule has 0 spiro atoms. The van der Waals surface area contributed by atoms with E-state index in [0.29, 0.717) is 6.04 Å². The van der Waals surface area contributed by atoms with Gasteiger partial charge in [0.05, 0.1) is 11.7 Å². The Hall–Kier alpha value is -1.67. The van der Waals surface area contributed by atoms with Crippen molar-refractivity contribution in [3.8, 4) is 0 Å². The average molecular weight is 254 g/mol. The van der Waals surface area contributed by atoms with Gasteiger partial charge in [0.2, 0.25) is 0 Å². The van der Waals surface area contributed by atoms with E-state index >= 15 is 0 Å². The number of nitrogens with zero attached hydrogens (tertiary/aromatic N) is 1. The van der Waals surface area contributed by atoms with E-state index in [0.717, 1.165) is 25.1 Å². The first kappa shape index (κ1) is 13.8. The first-order valence-corrected chi connectivity index (χ1v) is 6.99. The Bertz CT molecular complexity index is 476. The van der Waals surface area contributed by atoms with Crippen LogP contribution < -0.4 is 5.32 Å². The van der Waals surface area contributed by atoms with E-state index in [-0.39, 0.29) is 0 Å². The largest absolute Gasteiger partial charge is 0.308 e. The molecule has 1 unspecified atom stereocenters. The fourth-order valence-corrected chi connectivity index (χ4v) is 2.14. The molecule has 19 heavy (non-hydrogen) atoms. The molecule has 1 atom stereocenters. The van der Waals surface area contributed by atoms with Crippen LogP contribution in [0.15, 0.2) is 48.7 Å². The van der Waals surface area contributed by atoms with Crippen molar-refractivity contribution < 1.29 is 0 Å². The quantitative estimate of drug-likeness (QED) is 0.850. The SMILES string of the molecule is CCCNC(Cc1ccc(C)cc1)c1ccccn1. The molecule has 100 valence electrons. The molecule has 2 rings (SSSR count). The molecule has 1 heterocycles. The van der Waals surface area contributed by atoms with Gasteiger partial charge < -0.3 is 5.32 Å². The number of benzene rings is 1. The summed E-state index contributed by atoms with van der Waals surface area (Å²) in [6.07, 6.45) is 3.99. The summed E-state index contributed by atoms with van der Waals surface area (Å²) < 4.78 is 0. The molecular weight excluding hydrogens is 232 g/mol. The second-order valence-corrected chi connectivity index (χ2v) is 4.95. The van der Waals surface area contributed by atoms with Crippen molar-refractivity contribution in [2.45, 2.75) is 32.7 Å². The molecule has 0 aliphatic carbocycles. The molecular formula is C17H22N2. The second-order valence-electron chi connectivity index (χ2n) is 4.95. The third-order valence-corrected chi connectivity index (χ3v) is 3.25. The molecule has 1 aromatic carbocycles. The van der Waals surface area contributed by atoms with E-state index in [1.807, 2.05) is 12.3 Å². The van der Waals surface area contributed by atoms with Crippen LogP contribution in [0.1, 0.15) is 36.2 Å². The lowest BCUT2D eigenvalue weighted by Gasteiger charge is -2.18. The topological polar surface area (TPSA) is 24.9 Å². The maximum Gasteiger partial charge on any atom is 0.0576 e. The Labute approximate surface area is 115 Å². The minimum atomic E-state index is 0.295. The van der Waals surface area contributed by atoms with Gasteiger partial charge in [0, 0.05) is 6.20 Å². The Kier molecular flexibility index (Phi) is 5.10. The number of aryl methyl sites for hydroxylation is 1. The lowest BCUT2D eigenvalue weighted by Crippen LogP contribution is -2.24. The first-order chi connectivity index (χ1) is 9.29. The van der Waals surface area contributed by atoms with E-state index in [1.54, 1.807) is 0 Å². The summed E-state index contributed by atoms with van der Waals surface area (Å²) in [5.41, 5.74) is 3.78. The van der Waals surface area contributed by atoms with Crippen LogP contribution in [0.5, 0.6) is 0 Å². The highest BCUT2D eigenvalue weighted by Gasteiger charge is 2.12. The predicted molar refractivity (Wildman–Crippen MR) is 80.2 cm³/mol. The molecule has 0 fully saturated rings. The molecule has 0 aliphatic rings. The molecule has 2 nitrogen and oxygen atoms in total. The maximum atomic E-state index is 4.48. The van der Waals surface area contributed by atoms with E-state index in [4.69, 9.17) is 0 Å². The first-order valence-electron chi connectivity index (χ1n) is 6.99. The van der Waals surface area contributed by atoms with Gasteiger partial charge in [-0.25, -0.2) is 0 Å². The van der Waals surface area contributed by atoms with Crippen molar-refractivity contribution in [1.29, 1.82) is 0 Å². The smallest absolute Gasteiger partial charge is 0.0576 e. The standard InChI is InChI=1S/C17H22N2/c1-3-11-18-17(16-6-4-5-12-19-16)13-15-9-7-14(2)8-10-15/h4-10,12,17-18H,3,11,13H2,1-2H3. The summed E-state index contributed by atoms with van der Waals surface area (Å²) in [5, 5.41) is 3.59. The number of rotatable bonds is 6. The molecule has 0 saturated carbocycles. The van der Waals surface area contributed by atoms with Crippen LogP contribution in [-0.2, 0) is 6.42 Å². The molecule has 0 bridgehead atoms. The van der Waals surface area contributed by atoms with Crippen molar-refractivity contribution in [3.05, 3.63) is 65.5 Å². The molecule has 1 N–H and O–H groups in total. The summed E-state index contributed by atoms with van der Waals surface area (Å²) >= 11 is 0. The number of nitrogens with one attached hydrogen (secondary N) is 1. The summed E-state index contributed by atoms with van der Waals surface area (Å²) in [5.74, 6) is 0. The number of hydrogen-bond acceptors (Lipinski definition) is 2. The number of pyridine rings is 1. The van der Waals surface area contributed by atoms with Crippen molar-refractivity contribution >= 4 is 0 Å². The third-order valence-electron chi connectivity index (χ3n) is 3.25. The average Bonchev–Trinajstić information content (AvgIpc) is 2.46. The monoisotopic (exact) mass is 254 g/mol. The summed E-state index contributed by atoms with van der Waals surface area (Å²) in [6, 6.07) is 15.2. The van der Waals surface area contributed by atoms with E-state index in [2.05, 4.69) is 60.5 Å². The van der Waals surface area contributed by atoms with E-state index < -0.39 is 0 Å². The van der Waals surface area contributed by atoms with Crippen molar-refractivity contribution in [2.24, 2.45) is 0 Å². The van der Waals surface area contributed by atoms with Gasteiger partial charge in [0.15, 0.2) is 0 Å². The van der Waals surface area contributed by atoms with Crippen LogP contribution in [0.25, 0.3) is 0 Å². The summed E-state index contributed by atoms with van der Waals surface area (Å²) in [6.45, 7) is 5.33. The normalized spacial score (nSPS) is 12.3. The summed E-state index contributed by atoms with van der Waals surface area (Å²) in [4.78, 5) is 4.48. The molecule has 2 heteroatoms. The second kappa shape index (κ2) is 7.05. The van der Waals surface area contributed by atoms with Gasteiger partial charge in [-0.3, -0.25) is 4.98 Å². The molecule has 1 aromatic heterocycles. The Morgan fingerprint density at radius 3 is 2.53 bits per heavy atom. The molecule has 0 amide bonds. The number of hydrogen-bond donors (Lipinski definition) is 1. The van der Waals surface area contributed by atoms with Gasteiger partial charge in [-0.15, -0.1) is 0 Å². The lowest BCUT2D eigenvalue weighted by molar-refractivity contribution is 0.518. The van der Waals surface area contributed by atoms with Gasteiger partial charge in [0.25, 0.3) is 0 Å². The zero-order valence-corrected chi connectivity index (χ0v) is 11.8. The lowest BCUT2D eigenvalue weighted by atomic mass is 10.0. The van der Waals surface area contributed by atoms with Gasteiger partial charge in [-0.1, -0.05) is 42.8 Å². The highest BCUT2D eigenvalue weighted by Crippen LogP contribution is 2.17. The van der Waals surface area contributed by atoms with Gasteiger partial charge in [-0.05, 0) is 44.0 Å². The van der Waals surface area contributed by atoms with Gasteiger partial charge in [0.1, 0.15) is 0 Å². The number of aromatic nitrogens is 1. The minimum Gasteiger partial charge on any atom is -0.308 e. The molecule has 2 aromatic rings. The molecule has 0 aliphatic heterocycles. The van der Waals surface area contributed by atoms with Crippen molar-refractivity contribution in [3.63, 3.8) is 0 Å². The maximum absolute atomic E-state index is 4.48. The van der Waals surface area contributed by atoms with Crippen molar-refractivity contribution in [2.75, 3.05) is 6.54 Å². The Morgan fingerprint density at radius 2 is 1.89 bits per heavy atom. The van der Waals surface area contributed by atoms with Gasteiger partial charge >= 0.3 is 0 Å². The van der Waals surface area contributed by atoms with E-state index in [1.165, 1.54) is 11.1 Å². The van der Waals surface area contributed by atoms with Crippen LogP contribution >= 0.6 is 0 Å². The van der Waals surface area contributed by atoms with E-state index in [9.17, 15) is 0 Å². The van der Waals surface area contributed by atoms with Crippen LogP contribution in [0.4, 0.5) is 0 Å². The molecule has 0 radical (unpaired) electrons. The molecule has 0 saturated heterocycles. The van der Waals surface area contributed by atoms with Crippen LogP contribution in [0.2, 0.25) is 0 Å². The predicted octanol–water partition coefficient (Wildman–Crippen LogP) is 3.67. The highest BCUT2D eigenvalue weighted by atomic mass is 14.9. The van der Waals surface area contributed by atoms with Crippen molar-refractivity contribution in [1.82, 2.24) is 10.3 Å². The zero-order chi connectivity index (χ0) is 13.5. The summed E-state index contributed by atoms with van der Waals surface area (Å²) in [7, 11) is 0. The minimum absolute atomic E-state index is 0.295. The van der Waals surface area contributed by atoms with Crippen LogP contribution in [0, 0.1) is 6.92 Å². The zero-order valence-electron chi connectivity index (χ0n) is 11.8. The van der Waals surface area contributed by atoms with Crippen LogP contribution in [-0.4, -0.2) is 11.5 Å². The van der Waals surface area contributed by atoms with Crippen LogP contribution in [0.3, 0.4) is 0 Å². The highest BCUT2D eigenvalue weighted by molar-refractivity contribution is 5.23. The fourth-order valence-electron chi connectivity index (χ4n) is 2.14. The Morgan fingerprint density at radius 1 is 1.11 bits per heavy atom. The van der Waals surface area contributed by atoms with Gasteiger partial charge in [-0.2, -0.15) is 0 Å².